The minimum atomic E-state index is -3.45. The number of likely N-dealkylation sites (N-methyl/N-ethyl adjacent to an activating group) is 1. The van der Waals surface area contributed by atoms with Gasteiger partial charge in [0.15, 0.2) is 0 Å². The number of hydrogen-bond donors (Lipinski definition) is 1. The first-order chi connectivity index (χ1) is 8.28. The van der Waals surface area contributed by atoms with Gasteiger partial charge in [0.25, 0.3) is 0 Å². The van der Waals surface area contributed by atoms with Crippen LogP contribution in [-0.2, 0) is 16.6 Å². The van der Waals surface area contributed by atoms with Gasteiger partial charge >= 0.3 is 0 Å². The number of nitrogens with one attached hydrogen (secondary N) is 1. The van der Waals surface area contributed by atoms with E-state index in [0.29, 0.717) is 21.8 Å². The van der Waals surface area contributed by atoms with E-state index in [1.165, 1.54) is 15.6 Å². The Morgan fingerprint density at radius 1 is 1.61 bits per heavy atom. The van der Waals surface area contributed by atoms with E-state index in [2.05, 4.69) is 27.8 Å². The minimum Gasteiger partial charge on any atom is -0.315 e. The largest absolute Gasteiger partial charge is 0.315 e. The van der Waals surface area contributed by atoms with Crippen LogP contribution in [0.5, 0.6) is 0 Å². The van der Waals surface area contributed by atoms with Gasteiger partial charge in [0, 0.05) is 25.0 Å². The SMILES string of the molecule is C=C(C)CN(C)S(=O)(=O)c1cc(CNC)sc1Br. The number of halogens is 1. The first kappa shape index (κ1) is 15.8. The summed E-state index contributed by atoms with van der Waals surface area (Å²) in [5, 5.41) is 3.00. The quantitative estimate of drug-likeness (QED) is 0.799. The molecule has 0 unspecified atom stereocenters. The lowest BCUT2D eigenvalue weighted by molar-refractivity contribution is 0.493. The molecule has 0 fully saturated rings. The molecule has 0 aliphatic heterocycles. The topological polar surface area (TPSA) is 49.4 Å². The number of hydrogen-bond acceptors (Lipinski definition) is 4. The van der Waals surface area contributed by atoms with Crippen molar-refractivity contribution in [3.05, 3.63) is 26.9 Å². The second-order valence-electron chi connectivity index (χ2n) is 4.10. The van der Waals surface area contributed by atoms with Crippen LogP contribution in [0.4, 0.5) is 0 Å². The average Bonchev–Trinajstić information content (AvgIpc) is 2.59. The van der Waals surface area contributed by atoms with Gasteiger partial charge in [-0.1, -0.05) is 12.2 Å². The van der Waals surface area contributed by atoms with Crippen LogP contribution in [-0.4, -0.2) is 33.4 Å². The van der Waals surface area contributed by atoms with Gasteiger partial charge in [-0.15, -0.1) is 11.3 Å². The van der Waals surface area contributed by atoms with Gasteiger partial charge in [0.05, 0.1) is 3.79 Å². The monoisotopic (exact) mass is 352 g/mol. The van der Waals surface area contributed by atoms with Crippen LogP contribution >= 0.6 is 27.3 Å². The highest BCUT2D eigenvalue weighted by Gasteiger charge is 2.25. The van der Waals surface area contributed by atoms with Gasteiger partial charge < -0.3 is 5.32 Å². The van der Waals surface area contributed by atoms with Crippen molar-refractivity contribution in [1.82, 2.24) is 9.62 Å². The molecule has 1 rings (SSSR count). The lowest BCUT2D eigenvalue weighted by Gasteiger charge is -2.16. The molecule has 1 aromatic heterocycles. The molecule has 0 spiro atoms. The summed E-state index contributed by atoms with van der Waals surface area (Å²) in [7, 11) is -0.0642. The lowest BCUT2D eigenvalue weighted by Crippen LogP contribution is -2.28. The molecule has 1 aromatic rings. The Morgan fingerprint density at radius 2 is 2.22 bits per heavy atom. The number of thiophene rings is 1. The molecule has 0 aliphatic carbocycles. The summed E-state index contributed by atoms with van der Waals surface area (Å²) < 4.78 is 26.6. The Bertz CT molecular complexity index is 537. The van der Waals surface area contributed by atoms with Gasteiger partial charge in [-0.2, -0.15) is 4.31 Å². The lowest BCUT2D eigenvalue weighted by atomic mass is 10.4. The van der Waals surface area contributed by atoms with Crippen molar-refractivity contribution in [1.29, 1.82) is 0 Å². The van der Waals surface area contributed by atoms with Crippen molar-refractivity contribution in [2.45, 2.75) is 18.4 Å². The van der Waals surface area contributed by atoms with E-state index in [0.717, 1.165) is 10.5 Å². The zero-order valence-corrected chi connectivity index (χ0v) is 13.9. The fourth-order valence-corrected chi connectivity index (χ4v) is 5.34. The molecule has 102 valence electrons. The van der Waals surface area contributed by atoms with Crippen molar-refractivity contribution in [3.63, 3.8) is 0 Å². The predicted octanol–water partition coefficient (Wildman–Crippen LogP) is 2.43. The molecule has 0 amide bonds. The van der Waals surface area contributed by atoms with Crippen LogP contribution in [0.2, 0.25) is 0 Å². The van der Waals surface area contributed by atoms with Crippen LogP contribution in [0.15, 0.2) is 26.9 Å². The molecule has 1 heterocycles. The Morgan fingerprint density at radius 3 is 2.72 bits per heavy atom. The zero-order valence-electron chi connectivity index (χ0n) is 10.7. The van der Waals surface area contributed by atoms with Crippen molar-refractivity contribution < 1.29 is 8.42 Å². The molecule has 18 heavy (non-hydrogen) atoms. The van der Waals surface area contributed by atoms with Crippen LogP contribution in [0.1, 0.15) is 11.8 Å². The fraction of sp³-hybridized carbons (Fsp3) is 0.455. The Labute approximate surface area is 121 Å². The maximum absolute atomic E-state index is 12.3. The predicted molar refractivity (Wildman–Crippen MR) is 79.4 cm³/mol. The average molecular weight is 353 g/mol. The van der Waals surface area contributed by atoms with Gasteiger partial charge in [0.2, 0.25) is 10.0 Å². The Kier molecular flexibility index (Phi) is 5.54. The summed E-state index contributed by atoms with van der Waals surface area (Å²) in [6.45, 7) is 6.52. The van der Waals surface area contributed by atoms with E-state index in [9.17, 15) is 8.42 Å². The van der Waals surface area contributed by atoms with Gasteiger partial charge in [-0.05, 0) is 36.0 Å². The third kappa shape index (κ3) is 3.64. The van der Waals surface area contributed by atoms with E-state index >= 15 is 0 Å². The van der Waals surface area contributed by atoms with E-state index in [1.807, 2.05) is 7.05 Å². The second kappa shape index (κ2) is 6.29. The van der Waals surface area contributed by atoms with E-state index < -0.39 is 10.0 Å². The van der Waals surface area contributed by atoms with Crippen molar-refractivity contribution in [3.8, 4) is 0 Å². The molecule has 1 N–H and O–H groups in total. The van der Waals surface area contributed by atoms with Gasteiger partial charge in [0.1, 0.15) is 4.90 Å². The van der Waals surface area contributed by atoms with Crippen molar-refractivity contribution in [2.24, 2.45) is 0 Å². The van der Waals surface area contributed by atoms with E-state index in [1.54, 1.807) is 20.0 Å². The fourth-order valence-electron chi connectivity index (χ4n) is 1.47. The van der Waals surface area contributed by atoms with Crippen LogP contribution in [0, 0.1) is 0 Å². The molecular weight excluding hydrogens is 336 g/mol. The van der Waals surface area contributed by atoms with Crippen molar-refractivity contribution in [2.75, 3.05) is 20.6 Å². The van der Waals surface area contributed by atoms with Crippen molar-refractivity contribution >= 4 is 37.3 Å². The highest BCUT2D eigenvalue weighted by Crippen LogP contribution is 2.33. The Hall–Kier alpha value is -0.210. The summed E-state index contributed by atoms with van der Waals surface area (Å²) in [5.41, 5.74) is 0.808. The second-order valence-corrected chi connectivity index (χ2v) is 8.57. The van der Waals surface area contributed by atoms with E-state index in [-0.39, 0.29) is 0 Å². The maximum atomic E-state index is 12.3. The van der Waals surface area contributed by atoms with Crippen LogP contribution in [0.25, 0.3) is 0 Å². The molecule has 4 nitrogen and oxygen atoms in total. The number of rotatable bonds is 6. The maximum Gasteiger partial charge on any atom is 0.245 e. The molecule has 0 saturated heterocycles. The van der Waals surface area contributed by atoms with Crippen LogP contribution in [0.3, 0.4) is 0 Å². The third-order valence-electron chi connectivity index (χ3n) is 2.24. The zero-order chi connectivity index (χ0) is 13.9. The summed E-state index contributed by atoms with van der Waals surface area (Å²) in [4.78, 5) is 1.30. The molecule has 0 saturated carbocycles. The highest BCUT2D eigenvalue weighted by molar-refractivity contribution is 9.11. The summed E-state index contributed by atoms with van der Waals surface area (Å²) >= 11 is 4.75. The van der Waals surface area contributed by atoms with E-state index in [4.69, 9.17) is 0 Å². The molecule has 0 radical (unpaired) electrons. The standard InChI is InChI=1S/C11H17BrN2O2S2/c1-8(2)7-14(4)18(15,16)10-5-9(6-13-3)17-11(10)12/h5,13H,1,6-7H2,2-4H3. The minimum absolute atomic E-state index is 0.321. The molecule has 0 atom stereocenters. The smallest absolute Gasteiger partial charge is 0.245 e. The van der Waals surface area contributed by atoms with Gasteiger partial charge in [-0.3, -0.25) is 0 Å². The molecule has 0 bridgehead atoms. The summed E-state index contributed by atoms with van der Waals surface area (Å²) in [5.74, 6) is 0. The molecular formula is C11H17BrN2O2S2. The van der Waals surface area contributed by atoms with Crippen LogP contribution < -0.4 is 5.32 Å². The molecule has 0 aromatic carbocycles. The summed E-state index contributed by atoms with van der Waals surface area (Å²) in [6, 6.07) is 1.70. The first-order valence-corrected chi connectivity index (χ1v) is 8.37. The third-order valence-corrected chi connectivity index (χ3v) is 6.29. The number of sulfonamides is 1. The first-order valence-electron chi connectivity index (χ1n) is 5.32. The highest BCUT2D eigenvalue weighted by atomic mass is 79.9. The summed E-state index contributed by atoms with van der Waals surface area (Å²) in [6.07, 6.45) is 0. The molecule has 7 heteroatoms. The Balaban J connectivity index is 3.08. The molecule has 0 aliphatic rings. The van der Waals surface area contributed by atoms with Gasteiger partial charge in [-0.25, -0.2) is 8.42 Å². The normalized spacial score (nSPS) is 12.1. The number of nitrogens with zero attached hydrogens (tertiary/aromatic N) is 1.